The van der Waals surface area contributed by atoms with Gasteiger partial charge in [0.1, 0.15) is 5.78 Å². The van der Waals surface area contributed by atoms with Crippen LogP contribution in [0.3, 0.4) is 0 Å². The standard InChI is InChI=1S/C25H27F3N2O4/c1-13-10-14(2)20(15(3)11-13)21-19(31)12-16(22(21)32)8-9-29-24(34)30-23(33)17-6-4-5-7-18(17)25(26,27)28/h4-7,10-11,16,21-22,32H,8-9,12H2,1-3H3,(H2,29,30,33,34). The van der Waals surface area contributed by atoms with Crippen LogP contribution in [-0.2, 0) is 11.0 Å². The van der Waals surface area contributed by atoms with Gasteiger partial charge in [-0.05, 0) is 61.9 Å². The van der Waals surface area contributed by atoms with Gasteiger partial charge in [0, 0.05) is 13.0 Å². The molecule has 1 aliphatic carbocycles. The van der Waals surface area contributed by atoms with Crippen LogP contribution in [0.5, 0.6) is 0 Å². The first-order valence-electron chi connectivity index (χ1n) is 10.9. The fourth-order valence-electron chi connectivity index (χ4n) is 4.77. The Bertz CT molecular complexity index is 1090. The first-order valence-corrected chi connectivity index (χ1v) is 10.9. The second kappa shape index (κ2) is 9.97. The second-order valence-electron chi connectivity index (χ2n) is 8.75. The molecule has 0 aromatic heterocycles. The van der Waals surface area contributed by atoms with Gasteiger partial charge in [-0.2, -0.15) is 13.2 Å². The lowest BCUT2D eigenvalue weighted by Gasteiger charge is -2.22. The molecule has 34 heavy (non-hydrogen) atoms. The minimum Gasteiger partial charge on any atom is -0.392 e. The van der Waals surface area contributed by atoms with Crippen molar-refractivity contribution in [2.24, 2.45) is 5.92 Å². The number of amides is 3. The lowest BCUT2D eigenvalue weighted by molar-refractivity contribution is -0.138. The van der Waals surface area contributed by atoms with Crippen LogP contribution in [0.2, 0.25) is 0 Å². The third-order valence-corrected chi connectivity index (χ3v) is 6.19. The van der Waals surface area contributed by atoms with Crippen LogP contribution in [0.25, 0.3) is 0 Å². The summed E-state index contributed by atoms with van der Waals surface area (Å²) in [7, 11) is 0. The molecule has 1 aliphatic rings. The average Bonchev–Trinajstić information content (AvgIpc) is 3.00. The number of aliphatic hydroxyl groups excluding tert-OH is 1. The van der Waals surface area contributed by atoms with Crippen molar-refractivity contribution in [3.63, 3.8) is 0 Å². The van der Waals surface area contributed by atoms with E-state index in [9.17, 15) is 32.7 Å². The lowest BCUT2D eigenvalue weighted by Crippen LogP contribution is -2.41. The Hall–Kier alpha value is -3.20. The fourth-order valence-corrected chi connectivity index (χ4v) is 4.77. The Morgan fingerprint density at radius 2 is 1.71 bits per heavy atom. The van der Waals surface area contributed by atoms with Gasteiger partial charge in [0.15, 0.2) is 0 Å². The van der Waals surface area contributed by atoms with Crippen LogP contribution in [0.15, 0.2) is 36.4 Å². The third-order valence-electron chi connectivity index (χ3n) is 6.19. The van der Waals surface area contributed by atoms with E-state index in [0.29, 0.717) is 0 Å². The molecule has 9 heteroatoms. The monoisotopic (exact) mass is 476 g/mol. The molecule has 182 valence electrons. The van der Waals surface area contributed by atoms with Gasteiger partial charge >= 0.3 is 12.2 Å². The van der Waals surface area contributed by atoms with Crippen molar-refractivity contribution < 1.29 is 32.7 Å². The minimum atomic E-state index is -4.74. The first kappa shape index (κ1) is 25.4. The van der Waals surface area contributed by atoms with E-state index in [0.717, 1.165) is 40.5 Å². The number of imide groups is 1. The number of carbonyl (C=O) groups excluding carboxylic acids is 3. The van der Waals surface area contributed by atoms with Crippen LogP contribution in [0, 0.1) is 26.7 Å². The number of aryl methyl sites for hydroxylation is 3. The van der Waals surface area contributed by atoms with Gasteiger partial charge in [-0.3, -0.25) is 14.9 Å². The molecule has 3 N–H and O–H groups in total. The van der Waals surface area contributed by atoms with Gasteiger partial charge in [0.2, 0.25) is 0 Å². The number of benzene rings is 2. The van der Waals surface area contributed by atoms with E-state index in [2.05, 4.69) is 5.32 Å². The lowest BCUT2D eigenvalue weighted by atomic mass is 9.85. The molecule has 3 amide bonds. The highest BCUT2D eigenvalue weighted by Crippen LogP contribution is 2.40. The molecule has 3 atom stereocenters. The molecule has 0 spiro atoms. The number of urea groups is 1. The number of carbonyl (C=O) groups is 3. The third kappa shape index (κ3) is 5.47. The summed E-state index contributed by atoms with van der Waals surface area (Å²) in [6.07, 6.45) is -5.23. The smallest absolute Gasteiger partial charge is 0.392 e. The quantitative estimate of drug-likeness (QED) is 0.603. The Labute approximate surface area is 195 Å². The molecule has 1 saturated carbocycles. The molecule has 0 bridgehead atoms. The molecule has 6 nitrogen and oxygen atoms in total. The van der Waals surface area contributed by atoms with Gasteiger partial charge in [0.05, 0.1) is 23.1 Å². The van der Waals surface area contributed by atoms with E-state index in [1.54, 1.807) is 0 Å². The zero-order valence-corrected chi connectivity index (χ0v) is 19.1. The number of hydrogen-bond acceptors (Lipinski definition) is 4. The zero-order valence-electron chi connectivity index (χ0n) is 19.1. The van der Waals surface area contributed by atoms with Crippen LogP contribution in [0.4, 0.5) is 18.0 Å². The van der Waals surface area contributed by atoms with Crippen LogP contribution in [-0.4, -0.2) is 35.5 Å². The average molecular weight is 476 g/mol. The molecule has 0 heterocycles. The van der Waals surface area contributed by atoms with Gasteiger partial charge in [-0.1, -0.05) is 29.8 Å². The van der Waals surface area contributed by atoms with Crippen LogP contribution < -0.4 is 10.6 Å². The number of Topliss-reactive ketones (excluding diaryl/α,β-unsaturated/α-hetero) is 1. The topological polar surface area (TPSA) is 95.5 Å². The number of rotatable bonds is 5. The Balaban J connectivity index is 1.58. The normalized spacial score (nSPS) is 20.3. The molecule has 1 fully saturated rings. The number of aliphatic hydroxyl groups is 1. The molecule has 2 aromatic carbocycles. The molecule has 3 unspecified atom stereocenters. The number of nitrogens with one attached hydrogen (secondary N) is 2. The Morgan fingerprint density at radius 3 is 2.32 bits per heavy atom. The number of halogens is 3. The summed E-state index contributed by atoms with van der Waals surface area (Å²) in [6, 6.07) is 7.16. The van der Waals surface area contributed by atoms with E-state index < -0.39 is 41.3 Å². The summed E-state index contributed by atoms with van der Waals surface area (Å²) in [5.41, 5.74) is 1.97. The summed E-state index contributed by atoms with van der Waals surface area (Å²) < 4.78 is 39.2. The Morgan fingerprint density at radius 1 is 1.09 bits per heavy atom. The molecule has 2 aromatic rings. The fraction of sp³-hybridized carbons (Fsp3) is 0.400. The van der Waals surface area contributed by atoms with E-state index in [-0.39, 0.29) is 31.1 Å². The van der Waals surface area contributed by atoms with E-state index in [4.69, 9.17) is 0 Å². The summed E-state index contributed by atoms with van der Waals surface area (Å²) in [4.78, 5) is 36.9. The van der Waals surface area contributed by atoms with Gasteiger partial charge < -0.3 is 10.4 Å². The highest BCUT2D eigenvalue weighted by Gasteiger charge is 2.43. The highest BCUT2D eigenvalue weighted by molar-refractivity contribution is 6.05. The largest absolute Gasteiger partial charge is 0.417 e. The molecule has 0 saturated heterocycles. The Kier molecular flexibility index (Phi) is 7.45. The maximum absolute atomic E-state index is 13.1. The summed E-state index contributed by atoms with van der Waals surface area (Å²) in [5, 5.41) is 15.2. The van der Waals surface area contributed by atoms with Crippen LogP contribution >= 0.6 is 0 Å². The van der Waals surface area contributed by atoms with E-state index in [1.165, 1.54) is 6.07 Å². The van der Waals surface area contributed by atoms with Crippen molar-refractivity contribution in [1.82, 2.24) is 10.6 Å². The SMILES string of the molecule is Cc1cc(C)c(C2C(=O)CC(CCNC(=O)NC(=O)c3ccccc3C(F)(F)F)C2O)c(C)c1. The van der Waals surface area contributed by atoms with Gasteiger partial charge in [-0.15, -0.1) is 0 Å². The predicted octanol–water partition coefficient (Wildman–Crippen LogP) is 4.19. The summed E-state index contributed by atoms with van der Waals surface area (Å²) >= 11 is 0. The number of alkyl halides is 3. The second-order valence-corrected chi connectivity index (χ2v) is 8.75. The van der Waals surface area contributed by atoms with Crippen molar-refractivity contribution in [3.8, 4) is 0 Å². The predicted molar refractivity (Wildman–Crippen MR) is 119 cm³/mol. The van der Waals surface area contributed by atoms with Crippen molar-refractivity contribution in [2.45, 2.75) is 51.8 Å². The zero-order chi connectivity index (χ0) is 25.2. The van der Waals surface area contributed by atoms with Crippen molar-refractivity contribution in [1.29, 1.82) is 0 Å². The highest BCUT2D eigenvalue weighted by atomic mass is 19.4. The van der Waals surface area contributed by atoms with E-state index in [1.807, 2.05) is 38.2 Å². The molecule has 3 rings (SSSR count). The molecular formula is C25H27F3N2O4. The first-order chi connectivity index (χ1) is 15.9. The molecule has 0 aliphatic heterocycles. The van der Waals surface area contributed by atoms with Crippen molar-refractivity contribution >= 4 is 17.7 Å². The van der Waals surface area contributed by atoms with Crippen LogP contribution in [0.1, 0.15) is 56.9 Å². The molecular weight excluding hydrogens is 449 g/mol. The minimum absolute atomic E-state index is 0.0353. The van der Waals surface area contributed by atoms with Crippen molar-refractivity contribution in [3.05, 3.63) is 69.8 Å². The number of hydrogen-bond donors (Lipinski definition) is 3. The van der Waals surface area contributed by atoms with Gasteiger partial charge in [0.25, 0.3) is 5.91 Å². The summed E-state index contributed by atoms with van der Waals surface area (Å²) in [6.45, 7) is 5.81. The maximum atomic E-state index is 13.1. The van der Waals surface area contributed by atoms with Gasteiger partial charge in [-0.25, -0.2) is 4.79 Å². The number of ketones is 1. The summed E-state index contributed by atoms with van der Waals surface area (Å²) in [5.74, 6) is -2.28. The van der Waals surface area contributed by atoms with Crippen molar-refractivity contribution in [2.75, 3.05) is 6.54 Å². The van der Waals surface area contributed by atoms with E-state index >= 15 is 0 Å². The molecule has 0 radical (unpaired) electrons. The maximum Gasteiger partial charge on any atom is 0.417 e.